The Morgan fingerprint density at radius 3 is 2.62 bits per heavy atom. The maximum absolute atomic E-state index is 12.2. The zero-order valence-electron chi connectivity index (χ0n) is 6.28. The van der Waals surface area contributed by atoms with Crippen LogP contribution >= 0.6 is 23.2 Å². The van der Waals surface area contributed by atoms with Crippen LogP contribution in [0.4, 0.5) is 8.78 Å². The summed E-state index contributed by atoms with van der Waals surface area (Å²) in [7, 11) is 0. The first-order chi connectivity index (χ1) is 6.06. The lowest BCUT2D eigenvalue weighted by atomic mass is 10.2. The van der Waals surface area contributed by atoms with Crippen molar-refractivity contribution in [2.45, 2.75) is 12.3 Å². The van der Waals surface area contributed by atoms with Gasteiger partial charge in [-0.25, -0.2) is 8.78 Å². The van der Waals surface area contributed by atoms with Crippen LogP contribution in [0.2, 0.25) is 5.02 Å². The quantitative estimate of drug-likeness (QED) is 0.775. The lowest BCUT2D eigenvalue weighted by molar-refractivity contribution is 0.146. The minimum absolute atomic E-state index is 0.0670. The van der Waals surface area contributed by atoms with E-state index in [0.29, 0.717) is 0 Å². The Morgan fingerprint density at radius 1 is 1.54 bits per heavy atom. The second-order valence-electron chi connectivity index (χ2n) is 2.32. The molecule has 1 N–H and O–H groups in total. The highest BCUT2D eigenvalue weighted by atomic mass is 35.5. The third-order valence-electron chi connectivity index (χ3n) is 1.44. The summed E-state index contributed by atoms with van der Waals surface area (Å²) in [4.78, 5) is 12.8. The van der Waals surface area contributed by atoms with Gasteiger partial charge in [-0.3, -0.25) is 4.79 Å². The van der Waals surface area contributed by atoms with E-state index in [-0.39, 0.29) is 16.5 Å². The first-order valence-electron chi connectivity index (χ1n) is 3.32. The highest BCUT2D eigenvalue weighted by Crippen LogP contribution is 2.27. The highest BCUT2D eigenvalue weighted by Gasteiger charge is 2.15. The Morgan fingerprint density at radius 2 is 2.15 bits per heavy atom. The molecule has 0 amide bonds. The Bertz CT molecular complexity index is 364. The number of halogens is 4. The molecular weight excluding hydrogens is 223 g/mol. The Balaban J connectivity index is 3.36. The smallest absolute Gasteiger partial charge is 0.279 e. The molecule has 0 aromatic carbocycles. The van der Waals surface area contributed by atoms with Crippen LogP contribution in [0.1, 0.15) is 17.7 Å². The van der Waals surface area contributed by atoms with Gasteiger partial charge in [0.1, 0.15) is 5.69 Å². The molecule has 1 aromatic rings. The molecule has 0 atom stereocenters. The minimum Gasteiger partial charge on any atom is -0.320 e. The number of hydrogen-bond acceptors (Lipinski definition) is 1. The molecule has 0 aliphatic heterocycles. The molecule has 0 spiro atoms. The fourth-order valence-corrected chi connectivity index (χ4v) is 1.40. The molecule has 2 nitrogen and oxygen atoms in total. The SMILES string of the molecule is O=c1cc(CCl)c(Cl)c(C(F)F)[nH]1. The number of alkyl halides is 3. The summed E-state index contributed by atoms with van der Waals surface area (Å²) < 4.78 is 24.5. The molecule has 6 heteroatoms. The molecule has 0 fully saturated rings. The molecule has 13 heavy (non-hydrogen) atoms. The van der Waals surface area contributed by atoms with Crippen molar-refractivity contribution in [3.8, 4) is 0 Å². The van der Waals surface area contributed by atoms with Gasteiger partial charge in [-0.1, -0.05) is 11.6 Å². The Kier molecular flexibility index (Phi) is 3.27. The van der Waals surface area contributed by atoms with Crippen LogP contribution in [0.15, 0.2) is 10.9 Å². The van der Waals surface area contributed by atoms with E-state index < -0.39 is 17.7 Å². The lowest BCUT2D eigenvalue weighted by Crippen LogP contribution is -2.10. The van der Waals surface area contributed by atoms with E-state index in [1.807, 2.05) is 4.98 Å². The highest BCUT2D eigenvalue weighted by molar-refractivity contribution is 6.32. The molecule has 0 unspecified atom stereocenters. The number of rotatable bonds is 2. The van der Waals surface area contributed by atoms with Crippen molar-refractivity contribution >= 4 is 23.2 Å². The van der Waals surface area contributed by atoms with Gasteiger partial charge in [0, 0.05) is 11.9 Å². The van der Waals surface area contributed by atoms with Gasteiger partial charge in [-0.05, 0) is 5.56 Å². The minimum atomic E-state index is -2.80. The number of aromatic amines is 1. The normalized spacial score (nSPS) is 10.8. The molecule has 0 saturated heterocycles. The van der Waals surface area contributed by atoms with E-state index >= 15 is 0 Å². The topological polar surface area (TPSA) is 32.9 Å². The van der Waals surface area contributed by atoms with Crippen molar-refractivity contribution < 1.29 is 8.78 Å². The maximum Gasteiger partial charge on any atom is 0.279 e. The van der Waals surface area contributed by atoms with Crippen LogP contribution in [0.25, 0.3) is 0 Å². The third kappa shape index (κ3) is 2.19. The Hall–Kier alpha value is -0.610. The second-order valence-corrected chi connectivity index (χ2v) is 2.97. The zero-order valence-corrected chi connectivity index (χ0v) is 7.79. The molecule has 1 aromatic heterocycles. The predicted molar refractivity (Wildman–Crippen MR) is 46.6 cm³/mol. The van der Waals surface area contributed by atoms with Gasteiger partial charge in [0.25, 0.3) is 6.43 Å². The molecule has 0 aliphatic carbocycles. The van der Waals surface area contributed by atoms with Crippen LogP contribution in [-0.4, -0.2) is 4.98 Å². The first kappa shape index (κ1) is 10.5. The standard InChI is InChI=1S/C7H5Cl2F2NO/c8-2-3-1-4(13)12-6(5(3)9)7(10)11/h1,7H,2H2,(H,12,13). The number of hydrogen-bond donors (Lipinski definition) is 1. The summed E-state index contributed by atoms with van der Waals surface area (Å²) >= 11 is 10.9. The fourth-order valence-electron chi connectivity index (χ4n) is 0.866. The van der Waals surface area contributed by atoms with E-state index in [0.717, 1.165) is 6.07 Å². The zero-order chi connectivity index (χ0) is 10.0. The second kappa shape index (κ2) is 4.07. The fraction of sp³-hybridized carbons (Fsp3) is 0.286. The average molecular weight is 228 g/mol. The molecule has 0 saturated carbocycles. The number of pyridine rings is 1. The van der Waals surface area contributed by atoms with Crippen LogP contribution in [0, 0.1) is 0 Å². The molecular formula is C7H5Cl2F2NO. The van der Waals surface area contributed by atoms with E-state index in [4.69, 9.17) is 23.2 Å². The van der Waals surface area contributed by atoms with Gasteiger partial charge in [-0.15, -0.1) is 11.6 Å². The van der Waals surface area contributed by atoms with Gasteiger partial charge in [0.2, 0.25) is 5.56 Å². The summed E-state index contributed by atoms with van der Waals surface area (Å²) in [6.45, 7) is 0. The number of nitrogens with one attached hydrogen (secondary N) is 1. The van der Waals surface area contributed by atoms with E-state index in [1.165, 1.54) is 0 Å². The maximum atomic E-state index is 12.2. The van der Waals surface area contributed by atoms with Crippen molar-refractivity contribution in [3.63, 3.8) is 0 Å². The molecule has 72 valence electrons. The van der Waals surface area contributed by atoms with E-state index in [1.54, 1.807) is 0 Å². The molecule has 0 aliphatic rings. The van der Waals surface area contributed by atoms with Crippen molar-refractivity contribution in [1.82, 2.24) is 4.98 Å². The summed E-state index contributed by atoms with van der Waals surface area (Å²) in [6, 6.07) is 1.10. The van der Waals surface area contributed by atoms with Crippen molar-refractivity contribution in [3.05, 3.63) is 32.7 Å². The van der Waals surface area contributed by atoms with E-state index in [9.17, 15) is 13.6 Å². The largest absolute Gasteiger partial charge is 0.320 e. The van der Waals surface area contributed by atoms with Crippen LogP contribution in [-0.2, 0) is 5.88 Å². The van der Waals surface area contributed by atoms with Crippen LogP contribution in [0.3, 0.4) is 0 Å². The van der Waals surface area contributed by atoms with Crippen molar-refractivity contribution in [1.29, 1.82) is 0 Å². The molecule has 0 bridgehead atoms. The van der Waals surface area contributed by atoms with Gasteiger partial charge < -0.3 is 4.98 Å². The average Bonchev–Trinajstić information content (AvgIpc) is 2.08. The van der Waals surface area contributed by atoms with Gasteiger partial charge in [0.15, 0.2) is 0 Å². The van der Waals surface area contributed by atoms with Crippen molar-refractivity contribution in [2.75, 3.05) is 0 Å². The third-order valence-corrected chi connectivity index (χ3v) is 2.18. The molecule has 0 radical (unpaired) electrons. The summed E-state index contributed by atoms with van der Waals surface area (Å²) in [5.41, 5.74) is -0.998. The molecule has 1 rings (SSSR count). The molecule has 1 heterocycles. The van der Waals surface area contributed by atoms with Gasteiger partial charge in [-0.2, -0.15) is 0 Å². The Labute approximate surface area is 82.5 Å². The lowest BCUT2D eigenvalue weighted by Gasteiger charge is -2.05. The van der Waals surface area contributed by atoms with Gasteiger partial charge >= 0.3 is 0 Å². The van der Waals surface area contributed by atoms with Crippen molar-refractivity contribution in [2.24, 2.45) is 0 Å². The number of H-pyrrole nitrogens is 1. The van der Waals surface area contributed by atoms with Crippen LogP contribution < -0.4 is 5.56 Å². The summed E-state index contributed by atoms with van der Waals surface area (Å²) in [5, 5.41) is -0.176. The monoisotopic (exact) mass is 227 g/mol. The predicted octanol–water partition coefficient (Wildman–Crippen LogP) is 2.70. The van der Waals surface area contributed by atoms with E-state index in [2.05, 4.69) is 0 Å². The van der Waals surface area contributed by atoms with Crippen LogP contribution in [0.5, 0.6) is 0 Å². The number of aromatic nitrogens is 1. The summed E-state index contributed by atoms with van der Waals surface area (Å²) in [6.07, 6.45) is -2.80. The van der Waals surface area contributed by atoms with Gasteiger partial charge in [0.05, 0.1) is 5.02 Å². The first-order valence-corrected chi connectivity index (χ1v) is 4.23. The summed E-state index contributed by atoms with van der Waals surface area (Å²) in [5.74, 6) is -0.0670.